The van der Waals surface area contributed by atoms with Gasteiger partial charge in [0.1, 0.15) is 17.3 Å². The lowest BCUT2D eigenvalue weighted by molar-refractivity contribution is 0.178. The van der Waals surface area contributed by atoms with Crippen molar-refractivity contribution >= 4 is 27.4 Å². The third-order valence-corrected chi connectivity index (χ3v) is 2.80. The number of rotatable bonds is 4. The Bertz CT molecular complexity index is 455. The summed E-state index contributed by atoms with van der Waals surface area (Å²) in [6.07, 6.45) is 0. The van der Waals surface area contributed by atoms with Crippen molar-refractivity contribution in [2.24, 2.45) is 0 Å². The Morgan fingerprint density at radius 3 is 3.07 bits per heavy atom. The molecular weight excluding hydrogens is 210 g/mol. The number of ether oxygens (including phenoxy) is 1. The minimum Gasteiger partial charge on any atom is -0.377 e. The normalized spacial score (nSPS) is 10.8. The van der Waals surface area contributed by atoms with Gasteiger partial charge in [-0.15, -0.1) is 11.3 Å². The Morgan fingerprint density at radius 1 is 1.47 bits per heavy atom. The van der Waals surface area contributed by atoms with Crippen molar-refractivity contribution in [3.8, 4) is 0 Å². The molecule has 5 heteroatoms. The number of anilines is 1. The van der Waals surface area contributed by atoms with Crippen molar-refractivity contribution in [2.45, 2.75) is 13.5 Å². The Labute approximate surface area is 92.3 Å². The third kappa shape index (κ3) is 2.08. The summed E-state index contributed by atoms with van der Waals surface area (Å²) in [5.74, 6) is 1.62. The van der Waals surface area contributed by atoms with Gasteiger partial charge in [0.15, 0.2) is 5.82 Å². The molecule has 0 atom stereocenters. The van der Waals surface area contributed by atoms with E-state index in [1.165, 1.54) is 0 Å². The highest BCUT2D eigenvalue weighted by Crippen LogP contribution is 2.24. The number of fused-ring (bicyclic) bond motifs is 1. The first-order valence-electron chi connectivity index (χ1n) is 4.82. The summed E-state index contributed by atoms with van der Waals surface area (Å²) in [5.41, 5.74) is 0. The minimum absolute atomic E-state index is 0.451. The van der Waals surface area contributed by atoms with Crippen molar-refractivity contribution in [2.75, 3.05) is 19.0 Å². The van der Waals surface area contributed by atoms with E-state index in [4.69, 9.17) is 4.74 Å². The van der Waals surface area contributed by atoms with Gasteiger partial charge in [-0.1, -0.05) is 0 Å². The van der Waals surface area contributed by atoms with E-state index in [0.29, 0.717) is 6.61 Å². The van der Waals surface area contributed by atoms with Crippen molar-refractivity contribution in [3.05, 3.63) is 17.3 Å². The van der Waals surface area contributed by atoms with E-state index in [0.717, 1.165) is 28.4 Å². The van der Waals surface area contributed by atoms with Gasteiger partial charge in [0.2, 0.25) is 0 Å². The van der Waals surface area contributed by atoms with E-state index in [-0.39, 0.29) is 0 Å². The molecular formula is C10H13N3OS. The first-order valence-corrected chi connectivity index (χ1v) is 5.70. The molecule has 4 nitrogen and oxygen atoms in total. The van der Waals surface area contributed by atoms with Crippen molar-refractivity contribution in [1.82, 2.24) is 9.97 Å². The highest BCUT2D eigenvalue weighted by atomic mass is 32.1. The fourth-order valence-corrected chi connectivity index (χ4v) is 2.18. The summed E-state index contributed by atoms with van der Waals surface area (Å²) in [6, 6.07) is 2.04. The van der Waals surface area contributed by atoms with Crippen molar-refractivity contribution < 1.29 is 4.74 Å². The van der Waals surface area contributed by atoms with Crippen LogP contribution in [0.1, 0.15) is 12.7 Å². The third-order valence-electron chi connectivity index (χ3n) is 1.99. The fraction of sp³-hybridized carbons (Fsp3) is 0.400. The van der Waals surface area contributed by atoms with Crippen LogP contribution in [0.5, 0.6) is 0 Å². The molecule has 0 aliphatic rings. The van der Waals surface area contributed by atoms with Crippen molar-refractivity contribution in [3.63, 3.8) is 0 Å². The number of hydrogen-bond donors (Lipinski definition) is 1. The molecule has 0 spiro atoms. The lowest BCUT2D eigenvalue weighted by Crippen LogP contribution is -2.04. The summed E-state index contributed by atoms with van der Waals surface area (Å²) in [6.45, 7) is 3.36. The molecule has 0 saturated carbocycles. The highest BCUT2D eigenvalue weighted by Gasteiger charge is 2.07. The monoisotopic (exact) mass is 223 g/mol. The van der Waals surface area contributed by atoms with E-state index >= 15 is 0 Å². The van der Waals surface area contributed by atoms with Crippen LogP contribution in [0.3, 0.4) is 0 Å². The number of methoxy groups -OCH3 is 1. The number of nitrogens with zero attached hydrogens (tertiary/aromatic N) is 2. The van der Waals surface area contributed by atoms with Crippen LogP contribution in [0.15, 0.2) is 11.4 Å². The molecule has 2 heterocycles. The Balaban J connectivity index is 2.48. The van der Waals surface area contributed by atoms with Gasteiger partial charge >= 0.3 is 0 Å². The molecule has 15 heavy (non-hydrogen) atoms. The second-order valence-corrected chi connectivity index (χ2v) is 3.99. The molecule has 2 rings (SSSR count). The lowest BCUT2D eigenvalue weighted by atomic mass is 10.3. The van der Waals surface area contributed by atoms with Crippen LogP contribution in [-0.4, -0.2) is 23.6 Å². The molecule has 0 amide bonds. The number of hydrogen-bond acceptors (Lipinski definition) is 5. The maximum Gasteiger partial charge on any atom is 0.158 e. The molecule has 2 aromatic rings. The summed E-state index contributed by atoms with van der Waals surface area (Å²) < 4.78 is 5.04. The first-order chi connectivity index (χ1) is 7.35. The van der Waals surface area contributed by atoms with Gasteiger partial charge in [-0.3, -0.25) is 0 Å². The molecule has 2 aromatic heterocycles. The first kappa shape index (κ1) is 10.3. The second kappa shape index (κ2) is 4.55. The van der Waals surface area contributed by atoms with E-state index in [9.17, 15) is 0 Å². The van der Waals surface area contributed by atoms with Crippen molar-refractivity contribution in [1.29, 1.82) is 0 Å². The Morgan fingerprint density at radius 2 is 2.33 bits per heavy atom. The van der Waals surface area contributed by atoms with Crippen LogP contribution in [0.2, 0.25) is 0 Å². The molecule has 0 saturated heterocycles. The van der Waals surface area contributed by atoms with Crippen LogP contribution in [0, 0.1) is 0 Å². The predicted molar refractivity (Wildman–Crippen MR) is 62.3 cm³/mol. The van der Waals surface area contributed by atoms with Gasteiger partial charge in [-0.05, 0) is 18.4 Å². The number of nitrogens with one attached hydrogen (secondary N) is 1. The largest absolute Gasteiger partial charge is 0.377 e. The average molecular weight is 223 g/mol. The van der Waals surface area contributed by atoms with Gasteiger partial charge < -0.3 is 10.1 Å². The zero-order chi connectivity index (χ0) is 10.7. The predicted octanol–water partition coefficient (Wildman–Crippen LogP) is 2.27. The summed E-state index contributed by atoms with van der Waals surface area (Å²) >= 11 is 1.62. The zero-order valence-electron chi connectivity index (χ0n) is 8.78. The molecule has 0 aliphatic heterocycles. The molecule has 1 N–H and O–H groups in total. The van der Waals surface area contributed by atoms with E-state index in [1.54, 1.807) is 18.4 Å². The highest BCUT2D eigenvalue weighted by molar-refractivity contribution is 7.16. The maximum atomic E-state index is 5.04. The summed E-state index contributed by atoms with van der Waals surface area (Å²) in [7, 11) is 1.65. The number of thiophene rings is 1. The van der Waals surface area contributed by atoms with Gasteiger partial charge in [-0.25, -0.2) is 9.97 Å². The molecule has 0 aromatic carbocycles. The maximum absolute atomic E-state index is 5.04. The average Bonchev–Trinajstić information content (AvgIpc) is 2.67. The molecule has 0 bridgehead atoms. The van der Waals surface area contributed by atoms with Crippen LogP contribution >= 0.6 is 11.3 Å². The zero-order valence-corrected chi connectivity index (χ0v) is 9.60. The number of aromatic nitrogens is 2. The molecule has 0 radical (unpaired) electrons. The standard InChI is InChI=1S/C10H13N3OS/c1-3-11-9-7-4-5-15-10(7)13-8(12-9)6-14-2/h4-5H,3,6H2,1-2H3,(H,11,12,13). The second-order valence-electron chi connectivity index (χ2n) is 3.09. The Kier molecular flexibility index (Phi) is 3.13. The van der Waals surface area contributed by atoms with Gasteiger partial charge in [0, 0.05) is 13.7 Å². The SMILES string of the molecule is CCNc1nc(COC)nc2sccc12. The Hall–Kier alpha value is -1.20. The quantitative estimate of drug-likeness (QED) is 0.863. The molecule has 0 aliphatic carbocycles. The van der Waals surface area contributed by atoms with E-state index in [1.807, 2.05) is 11.4 Å². The van der Waals surface area contributed by atoms with Crippen LogP contribution in [0.4, 0.5) is 5.82 Å². The van der Waals surface area contributed by atoms with E-state index < -0.39 is 0 Å². The van der Waals surface area contributed by atoms with Crippen LogP contribution in [0.25, 0.3) is 10.2 Å². The minimum atomic E-state index is 0.451. The van der Waals surface area contributed by atoms with Crippen LogP contribution in [-0.2, 0) is 11.3 Å². The molecule has 0 unspecified atom stereocenters. The fourth-order valence-electron chi connectivity index (χ4n) is 1.40. The lowest BCUT2D eigenvalue weighted by Gasteiger charge is -2.06. The van der Waals surface area contributed by atoms with Gasteiger partial charge in [0.05, 0.1) is 5.39 Å². The summed E-state index contributed by atoms with van der Waals surface area (Å²) in [4.78, 5) is 9.83. The van der Waals surface area contributed by atoms with Gasteiger partial charge in [-0.2, -0.15) is 0 Å². The molecule has 80 valence electrons. The smallest absolute Gasteiger partial charge is 0.158 e. The van der Waals surface area contributed by atoms with E-state index in [2.05, 4.69) is 22.2 Å². The topological polar surface area (TPSA) is 47.0 Å². The van der Waals surface area contributed by atoms with Crippen LogP contribution < -0.4 is 5.32 Å². The summed E-state index contributed by atoms with van der Waals surface area (Å²) in [5, 5.41) is 6.34. The van der Waals surface area contributed by atoms with Gasteiger partial charge in [0.25, 0.3) is 0 Å². The molecule has 0 fully saturated rings.